The molecular formula is C20H18BrClFN3O3S. The van der Waals surface area contributed by atoms with Gasteiger partial charge in [-0.15, -0.1) is 0 Å². The van der Waals surface area contributed by atoms with E-state index in [2.05, 4.69) is 25.9 Å². The standard InChI is InChI=1S/C20H18BrClFN3O3S/c21-15-5-3-12(8-17(15)23)18-10-24-20(25-18)13-4-6-16(22)19(9-13)30(28,29)26-7-1-2-14(26)11-27/h3-6,8-10,14,27H,1-2,7,11H2,(H,24,25). The van der Waals surface area contributed by atoms with Crippen LogP contribution in [0.1, 0.15) is 12.8 Å². The highest BCUT2D eigenvalue weighted by Crippen LogP contribution is 2.33. The molecule has 1 fully saturated rings. The Kier molecular flexibility index (Phi) is 6.00. The Morgan fingerprint density at radius 2 is 2.03 bits per heavy atom. The van der Waals surface area contributed by atoms with Crippen LogP contribution in [0.25, 0.3) is 22.6 Å². The lowest BCUT2D eigenvalue weighted by Crippen LogP contribution is -2.37. The van der Waals surface area contributed by atoms with Crippen molar-refractivity contribution in [2.45, 2.75) is 23.8 Å². The molecule has 158 valence electrons. The number of H-pyrrole nitrogens is 1. The molecule has 0 aliphatic carbocycles. The zero-order chi connectivity index (χ0) is 21.5. The molecule has 0 radical (unpaired) electrons. The fraction of sp³-hybridized carbons (Fsp3) is 0.250. The third kappa shape index (κ3) is 3.92. The van der Waals surface area contributed by atoms with Gasteiger partial charge in [-0.3, -0.25) is 0 Å². The summed E-state index contributed by atoms with van der Waals surface area (Å²) in [6.45, 7) is 0.107. The Balaban J connectivity index is 1.70. The molecule has 1 aromatic heterocycles. The van der Waals surface area contributed by atoms with Crippen LogP contribution in [0.5, 0.6) is 0 Å². The SMILES string of the molecule is O=S(=O)(c1cc(-c2nc(-c3ccc(Br)c(F)c3)c[nH]2)ccc1Cl)N1CCCC1CO. The van der Waals surface area contributed by atoms with Gasteiger partial charge in [0.05, 0.1) is 21.8 Å². The number of aromatic nitrogens is 2. The van der Waals surface area contributed by atoms with Crippen LogP contribution in [0.3, 0.4) is 0 Å². The summed E-state index contributed by atoms with van der Waals surface area (Å²) in [4.78, 5) is 7.45. The molecule has 1 atom stereocenters. The molecule has 3 aromatic rings. The zero-order valence-corrected chi connectivity index (χ0v) is 18.8. The summed E-state index contributed by atoms with van der Waals surface area (Å²) >= 11 is 9.35. The van der Waals surface area contributed by atoms with Crippen LogP contribution in [0, 0.1) is 5.82 Å². The molecular weight excluding hydrogens is 497 g/mol. The van der Waals surface area contributed by atoms with Crippen molar-refractivity contribution in [3.05, 3.63) is 57.9 Å². The number of rotatable bonds is 5. The third-order valence-corrected chi connectivity index (χ3v) is 8.19. The number of nitrogens with zero attached hydrogens (tertiary/aromatic N) is 2. The first-order valence-electron chi connectivity index (χ1n) is 9.24. The molecule has 1 aliphatic rings. The predicted octanol–water partition coefficient (Wildman–Crippen LogP) is 4.44. The van der Waals surface area contributed by atoms with E-state index in [0.29, 0.717) is 46.5 Å². The van der Waals surface area contributed by atoms with Crippen LogP contribution in [-0.2, 0) is 10.0 Å². The largest absolute Gasteiger partial charge is 0.395 e. The zero-order valence-electron chi connectivity index (χ0n) is 15.6. The fourth-order valence-electron chi connectivity index (χ4n) is 3.56. The molecule has 0 amide bonds. The normalized spacial score (nSPS) is 17.5. The van der Waals surface area contributed by atoms with Crippen molar-refractivity contribution in [1.82, 2.24) is 14.3 Å². The molecule has 4 rings (SSSR count). The maximum absolute atomic E-state index is 13.8. The summed E-state index contributed by atoms with van der Waals surface area (Å²) in [5.41, 5.74) is 1.64. The summed E-state index contributed by atoms with van der Waals surface area (Å²) in [6, 6.07) is 8.89. The topological polar surface area (TPSA) is 86.3 Å². The Morgan fingerprint density at radius 1 is 1.27 bits per heavy atom. The molecule has 0 bridgehead atoms. The summed E-state index contributed by atoms with van der Waals surface area (Å²) in [5.74, 6) is 0.0301. The predicted molar refractivity (Wildman–Crippen MR) is 116 cm³/mol. The van der Waals surface area contributed by atoms with E-state index in [1.165, 1.54) is 22.5 Å². The fourth-order valence-corrected chi connectivity index (χ4v) is 5.99. The summed E-state index contributed by atoms with van der Waals surface area (Å²) < 4.78 is 41.8. The average Bonchev–Trinajstić information content (AvgIpc) is 3.40. The molecule has 0 saturated carbocycles. The van der Waals surface area contributed by atoms with Crippen molar-refractivity contribution in [3.63, 3.8) is 0 Å². The first kappa shape index (κ1) is 21.5. The van der Waals surface area contributed by atoms with E-state index in [1.54, 1.807) is 24.4 Å². The van der Waals surface area contributed by atoms with E-state index in [-0.39, 0.29) is 16.5 Å². The maximum Gasteiger partial charge on any atom is 0.244 e. The van der Waals surface area contributed by atoms with Gasteiger partial charge in [0.2, 0.25) is 10.0 Å². The van der Waals surface area contributed by atoms with Gasteiger partial charge in [-0.1, -0.05) is 17.7 Å². The molecule has 1 unspecified atom stereocenters. The molecule has 10 heteroatoms. The van der Waals surface area contributed by atoms with E-state index in [9.17, 15) is 17.9 Å². The van der Waals surface area contributed by atoms with Crippen LogP contribution < -0.4 is 0 Å². The number of hydrogen-bond donors (Lipinski definition) is 2. The summed E-state index contributed by atoms with van der Waals surface area (Å²) in [7, 11) is -3.87. The number of aromatic amines is 1. The minimum Gasteiger partial charge on any atom is -0.395 e. The Morgan fingerprint density at radius 3 is 2.77 bits per heavy atom. The van der Waals surface area contributed by atoms with Crippen LogP contribution >= 0.6 is 27.5 Å². The van der Waals surface area contributed by atoms with E-state index >= 15 is 0 Å². The summed E-state index contributed by atoms with van der Waals surface area (Å²) in [6.07, 6.45) is 2.93. The van der Waals surface area contributed by atoms with Gasteiger partial charge in [0.25, 0.3) is 0 Å². The van der Waals surface area contributed by atoms with E-state index < -0.39 is 21.9 Å². The van der Waals surface area contributed by atoms with Crippen molar-refractivity contribution >= 4 is 37.6 Å². The monoisotopic (exact) mass is 513 g/mol. The minimum absolute atomic E-state index is 0.0327. The van der Waals surface area contributed by atoms with Crippen molar-refractivity contribution in [2.24, 2.45) is 0 Å². The molecule has 1 aliphatic heterocycles. The number of benzene rings is 2. The van der Waals surface area contributed by atoms with Crippen molar-refractivity contribution < 1.29 is 17.9 Å². The maximum atomic E-state index is 13.8. The van der Waals surface area contributed by atoms with Gasteiger partial charge < -0.3 is 10.1 Å². The second-order valence-corrected chi connectivity index (χ2v) is 10.1. The molecule has 2 aromatic carbocycles. The van der Waals surface area contributed by atoms with E-state index in [1.807, 2.05) is 0 Å². The lowest BCUT2D eigenvalue weighted by atomic mass is 10.2. The number of nitrogens with one attached hydrogen (secondary N) is 1. The van der Waals surface area contributed by atoms with Crippen LogP contribution in [0.15, 0.2) is 52.0 Å². The van der Waals surface area contributed by atoms with Crippen molar-refractivity contribution in [3.8, 4) is 22.6 Å². The second-order valence-electron chi connectivity index (χ2n) is 7.00. The highest BCUT2D eigenvalue weighted by atomic mass is 79.9. The Hall–Kier alpha value is -1.78. The van der Waals surface area contributed by atoms with Gasteiger partial charge >= 0.3 is 0 Å². The molecule has 1 saturated heterocycles. The Bertz CT molecular complexity index is 1200. The van der Waals surface area contributed by atoms with Crippen LogP contribution in [0.2, 0.25) is 5.02 Å². The van der Waals surface area contributed by atoms with Gasteiger partial charge in [-0.05, 0) is 59.1 Å². The van der Waals surface area contributed by atoms with Crippen LogP contribution in [0.4, 0.5) is 4.39 Å². The second kappa shape index (κ2) is 8.39. The third-order valence-electron chi connectivity index (χ3n) is 5.12. The number of aliphatic hydroxyl groups excluding tert-OH is 1. The highest BCUT2D eigenvalue weighted by molar-refractivity contribution is 9.10. The lowest BCUT2D eigenvalue weighted by Gasteiger charge is -2.23. The van der Waals surface area contributed by atoms with Gasteiger partial charge in [-0.2, -0.15) is 4.31 Å². The first-order valence-corrected chi connectivity index (χ1v) is 11.9. The first-order chi connectivity index (χ1) is 14.3. The van der Waals surface area contributed by atoms with Gasteiger partial charge in [0.15, 0.2) is 0 Å². The minimum atomic E-state index is -3.87. The number of hydrogen-bond acceptors (Lipinski definition) is 4. The number of aliphatic hydroxyl groups is 1. The van der Waals surface area contributed by atoms with Gasteiger partial charge in [0, 0.05) is 29.9 Å². The lowest BCUT2D eigenvalue weighted by molar-refractivity contribution is 0.213. The quantitative estimate of drug-likeness (QED) is 0.527. The van der Waals surface area contributed by atoms with Crippen molar-refractivity contribution in [2.75, 3.05) is 13.2 Å². The molecule has 2 heterocycles. The number of sulfonamides is 1. The molecule has 30 heavy (non-hydrogen) atoms. The van der Waals surface area contributed by atoms with Crippen molar-refractivity contribution in [1.29, 1.82) is 0 Å². The highest BCUT2D eigenvalue weighted by Gasteiger charge is 2.36. The smallest absolute Gasteiger partial charge is 0.244 e. The number of imidazole rings is 1. The molecule has 2 N–H and O–H groups in total. The van der Waals surface area contributed by atoms with Crippen LogP contribution in [-0.4, -0.2) is 47.0 Å². The molecule has 0 spiro atoms. The molecule has 6 nitrogen and oxygen atoms in total. The van der Waals surface area contributed by atoms with Gasteiger partial charge in [0.1, 0.15) is 16.5 Å². The van der Waals surface area contributed by atoms with E-state index in [0.717, 1.165) is 0 Å². The van der Waals surface area contributed by atoms with E-state index in [4.69, 9.17) is 11.6 Å². The Labute approximate surface area is 186 Å². The summed E-state index contributed by atoms with van der Waals surface area (Å²) in [5, 5.41) is 9.61. The van der Waals surface area contributed by atoms with Gasteiger partial charge in [-0.25, -0.2) is 17.8 Å². The number of halogens is 3. The average molecular weight is 515 g/mol.